The van der Waals surface area contributed by atoms with Crippen molar-refractivity contribution in [2.24, 2.45) is 0 Å². The Bertz CT molecular complexity index is 773. The zero-order chi connectivity index (χ0) is 16.2. The lowest BCUT2D eigenvalue weighted by atomic mass is 10.1. The Labute approximate surface area is 139 Å². The van der Waals surface area contributed by atoms with Gasteiger partial charge >= 0.3 is 0 Å². The van der Waals surface area contributed by atoms with Gasteiger partial charge in [0.05, 0.1) is 5.69 Å². The van der Waals surface area contributed by atoms with Gasteiger partial charge < -0.3 is 10.2 Å². The molecule has 1 aliphatic rings. The van der Waals surface area contributed by atoms with Gasteiger partial charge in [-0.2, -0.15) is 4.68 Å². The zero-order valence-corrected chi connectivity index (χ0v) is 13.2. The number of para-hydroxylation sites is 1. The molecule has 3 heterocycles. The smallest absolute Gasteiger partial charge is 0.248 e. The highest BCUT2D eigenvalue weighted by Gasteiger charge is 2.23. The summed E-state index contributed by atoms with van der Waals surface area (Å²) in [6.07, 6.45) is 5.68. The number of nitrogens with one attached hydrogen (secondary N) is 1. The van der Waals surface area contributed by atoms with Crippen LogP contribution >= 0.6 is 0 Å². The summed E-state index contributed by atoms with van der Waals surface area (Å²) in [5.41, 5.74) is 0.934. The van der Waals surface area contributed by atoms with Crippen LogP contribution in [0.25, 0.3) is 5.69 Å². The van der Waals surface area contributed by atoms with Crippen LogP contribution < -0.4 is 10.2 Å². The van der Waals surface area contributed by atoms with E-state index in [4.69, 9.17) is 0 Å². The molecule has 1 atom stereocenters. The van der Waals surface area contributed by atoms with E-state index in [1.165, 1.54) is 0 Å². The van der Waals surface area contributed by atoms with E-state index in [1.54, 1.807) is 17.1 Å². The molecule has 122 valence electrons. The van der Waals surface area contributed by atoms with Crippen LogP contribution in [-0.4, -0.2) is 49.3 Å². The number of nitrogens with zero attached hydrogens (tertiary/aromatic N) is 7. The summed E-state index contributed by atoms with van der Waals surface area (Å²) in [5.74, 6) is 1.42. The Kier molecular flexibility index (Phi) is 4.01. The first-order valence-electron chi connectivity index (χ1n) is 8.02. The lowest BCUT2D eigenvalue weighted by Crippen LogP contribution is -2.43. The molecule has 1 unspecified atom stereocenters. The third kappa shape index (κ3) is 3.03. The number of benzene rings is 1. The molecular formula is C16H18N8. The first kappa shape index (κ1) is 14.6. The summed E-state index contributed by atoms with van der Waals surface area (Å²) in [4.78, 5) is 10.9. The van der Waals surface area contributed by atoms with Crippen molar-refractivity contribution in [2.45, 2.75) is 18.9 Å². The number of rotatable bonds is 4. The molecule has 8 heteroatoms. The predicted molar refractivity (Wildman–Crippen MR) is 90.0 cm³/mol. The molecule has 0 spiro atoms. The zero-order valence-electron chi connectivity index (χ0n) is 13.2. The summed E-state index contributed by atoms with van der Waals surface area (Å²) >= 11 is 0. The molecule has 0 bridgehead atoms. The van der Waals surface area contributed by atoms with Crippen LogP contribution in [0, 0.1) is 0 Å². The van der Waals surface area contributed by atoms with Crippen LogP contribution in [0.2, 0.25) is 0 Å². The number of aromatic nitrogens is 6. The molecule has 2 aromatic heterocycles. The van der Waals surface area contributed by atoms with E-state index in [0.717, 1.165) is 37.6 Å². The van der Waals surface area contributed by atoms with Crippen molar-refractivity contribution in [1.82, 2.24) is 30.2 Å². The van der Waals surface area contributed by atoms with E-state index in [9.17, 15) is 0 Å². The van der Waals surface area contributed by atoms with Gasteiger partial charge in [0, 0.05) is 31.5 Å². The normalized spacial score (nSPS) is 17.7. The standard InChI is InChI=1S/C16H18N8/c1-2-7-14(8-3-1)24-16(20-21-22-24)19-13-6-4-11-23(12-13)15-17-9-5-10-18-15/h1-3,5,7-10,13H,4,6,11-12H2,(H,19,20,22). The van der Waals surface area contributed by atoms with E-state index in [0.29, 0.717) is 5.95 Å². The van der Waals surface area contributed by atoms with Crippen molar-refractivity contribution in [1.29, 1.82) is 0 Å². The van der Waals surface area contributed by atoms with Gasteiger partial charge in [-0.3, -0.25) is 0 Å². The van der Waals surface area contributed by atoms with Crippen LogP contribution in [-0.2, 0) is 0 Å². The molecular weight excluding hydrogens is 304 g/mol. The number of hydrogen-bond donors (Lipinski definition) is 1. The summed E-state index contributed by atoms with van der Waals surface area (Å²) in [6, 6.07) is 11.9. The highest BCUT2D eigenvalue weighted by atomic mass is 15.6. The minimum Gasteiger partial charge on any atom is -0.348 e. The fourth-order valence-electron chi connectivity index (χ4n) is 2.93. The lowest BCUT2D eigenvalue weighted by molar-refractivity contribution is 0.519. The minimum absolute atomic E-state index is 0.246. The topological polar surface area (TPSA) is 84.7 Å². The molecule has 0 radical (unpaired) electrons. The van der Waals surface area contributed by atoms with Crippen LogP contribution in [0.1, 0.15) is 12.8 Å². The number of tetrazole rings is 1. The molecule has 3 aromatic rings. The Balaban J connectivity index is 1.49. The summed E-state index contributed by atoms with van der Waals surface area (Å²) in [5, 5.41) is 15.5. The van der Waals surface area contributed by atoms with Gasteiger partial charge in [0.25, 0.3) is 0 Å². The molecule has 1 fully saturated rings. The van der Waals surface area contributed by atoms with Gasteiger partial charge in [-0.05, 0) is 41.5 Å². The largest absolute Gasteiger partial charge is 0.348 e. The third-order valence-corrected chi connectivity index (χ3v) is 4.06. The molecule has 8 nitrogen and oxygen atoms in total. The molecule has 1 saturated heterocycles. The fraction of sp³-hybridized carbons (Fsp3) is 0.312. The SMILES string of the molecule is c1ccc(-n2nnnc2NC2CCCN(c3ncccn3)C2)cc1. The lowest BCUT2D eigenvalue weighted by Gasteiger charge is -2.33. The number of anilines is 2. The minimum atomic E-state index is 0.246. The van der Waals surface area contributed by atoms with Crippen molar-refractivity contribution < 1.29 is 0 Å². The van der Waals surface area contributed by atoms with Crippen LogP contribution in [0.15, 0.2) is 48.8 Å². The van der Waals surface area contributed by atoms with E-state index < -0.39 is 0 Å². The Morgan fingerprint density at radius 3 is 2.71 bits per heavy atom. The second-order valence-electron chi connectivity index (χ2n) is 5.73. The molecule has 1 aromatic carbocycles. The molecule has 0 amide bonds. The van der Waals surface area contributed by atoms with Gasteiger partial charge in [0.1, 0.15) is 0 Å². The maximum atomic E-state index is 4.34. The van der Waals surface area contributed by atoms with Gasteiger partial charge in [0.2, 0.25) is 11.9 Å². The fourth-order valence-corrected chi connectivity index (χ4v) is 2.93. The van der Waals surface area contributed by atoms with Crippen molar-refractivity contribution in [3.63, 3.8) is 0 Å². The molecule has 1 N–H and O–H groups in total. The van der Waals surface area contributed by atoms with Crippen molar-refractivity contribution in [3.05, 3.63) is 48.8 Å². The van der Waals surface area contributed by atoms with E-state index in [-0.39, 0.29) is 6.04 Å². The highest BCUT2D eigenvalue weighted by molar-refractivity contribution is 5.40. The van der Waals surface area contributed by atoms with Gasteiger partial charge in [-0.1, -0.05) is 23.3 Å². The summed E-state index contributed by atoms with van der Waals surface area (Å²) in [6.45, 7) is 1.79. The van der Waals surface area contributed by atoms with E-state index >= 15 is 0 Å². The van der Waals surface area contributed by atoms with Crippen LogP contribution in [0.4, 0.5) is 11.9 Å². The maximum absolute atomic E-state index is 4.34. The second kappa shape index (κ2) is 6.61. The second-order valence-corrected chi connectivity index (χ2v) is 5.73. The number of hydrogen-bond acceptors (Lipinski definition) is 7. The first-order chi connectivity index (χ1) is 11.9. The first-order valence-corrected chi connectivity index (χ1v) is 8.02. The molecule has 0 saturated carbocycles. The van der Waals surface area contributed by atoms with Gasteiger partial charge in [-0.15, -0.1) is 0 Å². The third-order valence-electron chi connectivity index (χ3n) is 4.06. The summed E-state index contributed by atoms with van der Waals surface area (Å²) < 4.78 is 1.72. The summed E-state index contributed by atoms with van der Waals surface area (Å²) in [7, 11) is 0. The Morgan fingerprint density at radius 2 is 1.88 bits per heavy atom. The predicted octanol–water partition coefficient (Wildman–Crippen LogP) is 1.53. The number of piperidine rings is 1. The molecule has 24 heavy (non-hydrogen) atoms. The van der Waals surface area contributed by atoms with Crippen molar-refractivity contribution in [2.75, 3.05) is 23.3 Å². The van der Waals surface area contributed by atoms with Gasteiger partial charge in [0.15, 0.2) is 0 Å². The Hall–Kier alpha value is -3.03. The van der Waals surface area contributed by atoms with Crippen molar-refractivity contribution in [3.8, 4) is 5.69 Å². The monoisotopic (exact) mass is 322 g/mol. The quantitative estimate of drug-likeness (QED) is 0.779. The molecule has 0 aliphatic carbocycles. The average molecular weight is 322 g/mol. The molecule has 4 rings (SSSR count). The highest BCUT2D eigenvalue weighted by Crippen LogP contribution is 2.19. The molecule has 1 aliphatic heterocycles. The Morgan fingerprint density at radius 1 is 1.04 bits per heavy atom. The van der Waals surface area contributed by atoms with Crippen molar-refractivity contribution >= 4 is 11.9 Å². The average Bonchev–Trinajstić information content (AvgIpc) is 3.11. The maximum Gasteiger partial charge on any atom is 0.248 e. The van der Waals surface area contributed by atoms with Crippen LogP contribution in [0.3, 0.4) is 0 Å². The van der Waals surface area contributed by atoms with Gasteiger partial charge in [-0.25, -0.2) is 9.97 Å². The van der Waals surface area contributed by atoms with E-state index in [2.05, 4.69) is 35.7 Å². The van der Waals surface area contributed by atoms with E-state index in [1.807, 2.05) is 36.4 Å². The van der Waals surface area contributed by atoms with Crippen LogP contribution in [0.5, 0.6) is 0 Å².